The van der Waals surface area contributed by atoms with E-state index in [-0.39, 0.29) is 57.0 Å². The van der Waals surface area contributed by atoms with Gasteiger partial charge in [-0.05, 0) is 40.0 Å². The Morgan fingerprint density at radius 1 is 0.377 bits per heavy atom. The van der Waals surface area contributed by atoms with E-state index < -0.39 is 41.5 Å². The lowest BCUT2D eigenvalue weighted by atomic mass is 10.4. The number of unbranched alkanes of at least 4 members (excludes halogenated alkanes) is 3. The van der Waals surface area contributed by atoms with E-state index >= 15 is 0 Å². The van der Waals surface area contributed by atoms with Gasteiger partial charge in [0.05, 0.1) is 104 Å². The van der Waals surface area contributed by atoms with Crippen LogP contribution in [0.4, 0.5) is 0 Å². The molecule has 15 nitrogen and oxygen atoms in total. The van der Waals surface area contributed by atoms with Gasteiger partial charge in [0.15, 0.2) is 0 Å². The molecule has 0 spiro atoms. The van der Waals surface area contributed by atoms with Crippen LogP contribution in [0.25, 0.3) is 0 Å². The van der Waals surface area contributed by atoms with Gasteiger partial charge in [0.25, 0.3) is 0 Å². The second kappa shape index (κ2) is 35.2. The van der Waals surface area contributed by atoms with Crippen LogP contribution in [0.5, 0.6) is 0 Å². The number of aromatic nitrogens is 3. The molecule has 4 rings (SSSR count). The lowest BCUT2D eigenvalue weighted by Crippen LogP contribution is -2.55. The Morgan fingerprint density at radius 3 is 0.884 bits per heavy atom. The van der Waals surface area contributed by atoms with E-state index in [1.165, 1.54) is 0 Å². The molecule has 6 unspecified atom stereocenters. The fourth-order valence-corrected chi connectivity index (χ4v) is 12.2. The average molecular weight is 1020 g/mol. The second-order valence-electron chi connectivity index (χ2n) is 16.1. The maximum Gasteiger partial charge on any atom is 0.336 e. The van der Waals surface area contributed by atoms with Crippen molar-refractivity contribution >= 4 is 40.4 Å². The number of nitrogens with zero attached hydrogens (tertiary/aromatic N) is 3. The molecular weight excluding hydrogens is 939 g/mol. The van der Waals surface area contributed by atoms with Crippen LogP contribution in [-0.2, 0) is 61.6 Å². The summed E-state index contributed by atoms with van der Waals surface area (Å²) in [6.07, 6.45) is 6.12. The number of rotatable bonds is 39. The lowest BCUT2D eigenvalue weighted by molar-refractivity contribution is 0.0367. The first kappa shape index (κ1) is 58.6. The first-order chi connectivity index (χ1) is 33.7. The molecule has 384 valence electrons. The van der Waals surface area contributed by atoms with Gasteiger partial charge in [0, 0.05) is 35.7 Å². The van der Waals surface area contributed by atoms with E-state index in [1.54, 1.807) is 0 Å². The van der Waals surface area contributed by atoms with E-state index in [2.05, 4.69) is 20.8 Å². The van der Waals surface area contributed by atoms with Crippen molar-refractivity contribution in [3.63, 3.8) is 0 Å². The van der Waals surface area contributed by atoms with Crippen molar-refractivity contribution < 1.29 is 42.0 Å². The van der Waals surface area contributed by atoms with Crippen LogP contribution < -0.4 is 33.0 Å². The van der Waals surface area contributed by atoms with Crippen molar-refractivity contribution in [2.75, 3.05) is 79.3 Å². The molecule has 0 aliphatic heterocycles. The third-order valence-corrected chi connectivity index (χ3v) is 17.0. The van der Waals surface area contributed by atoms with Crippen LogP contribution >= 0.6 is 24.4 Å². The summed E-state index contributed by atoms with van der Waals surface area (Å²) in [6, 6.07) is 29.4. The molecule has 0 amide bonds. The smallest absolute Gasteiger partial charge is 0.336 e. The van der Waals surface area contributed by atoms with Crippen LogP contribution in [0.15, 0.2) is 105 Å². The van der Waals surface area contributed by atoms with Crippen LogP contribution in [0.2, 0.25) is 0 Å². The summed E-state index contributed by atoms with van der Waals surface area (Å²) in [4.78, 5) is 43.0. The van der Waals surface area contributed by atoms with Crippen molar-refractivity contribution in [2.45, 2.75) is 117 Å². The van der Waals surface area contributed by atoms with E-state index in [0.717, 1.165) is 68.1 Å². The first-order valence-electron chi connectivity index (χ1n) is 24.7. The topological polar surface area (TPSA) is 149 Å². The van der Waals surface area contributed by atoms with Crippen molar-refractivity contribution in [2.24, 2.45) is 0 Å². The van der Waals surface area contributed by atoms with Crippen LogP contribution in [0.1, 0.15) is 80.1 Å². The maximum atomic E-state index is 14.3. The molecule has 3 aromatic carbocycles. The summed E-state index contributed by atoms with van der Waals surface area (Å²) in [5.74, 6) is -0.937. The Labute approximate surface area is 413 Å². The quantitative estimate of drug-likeness (QED) is 0.0316. The average Bonchev–Trinajstić information content (AvgIpc) is 3.37. The predicted molar refractivity (Wildman–Crippen MR) is 279 cm³/mol. The standard InChI is InChI=1S/C51H78N3O12P3/c1-7-10-31-58-37-40-61-43(4)67(46-22-16-13-17-23-46)64-34-28-52-49(55)53(29-35-65-68(47-24-18-14-19-25-47)44(5)62-41-38-59-32-11-8-2)51(57)54(50(52)56)30-36-66-69(48-26-20-15-21-27-48)45(6)63-42-39-60-33-12-9-3/h13-27,43-45H,7-12,28-42H2,1-6H3. The van der Waals surface area contributed by atoms with Crippen LogP contribution in [0.3, 0.4) is 0 Å². The van der Waals surface area contributed by atoms with Crippen LogP contribution in [-0.4, -0.2) is 111 Å². The van der Waals surface area contributed by atoms with Gasteiger partial charge in [-0.25, -0.2) is 28.1 Å². The van der Waals surface area contributed by atoms with Crippen molar-refractivity contribution in [1.29, 1.82) is 0 Å². The third kappa shape index (κ3) is 20.9. The maximum absolute atomic E-state index is 14.3. The number of hydrogen-bond acceptors (Lipinski definition) is 12. The minimum absolute atomic E-state index is 0.00822. The van der Waals surface area contributed by atoms with Gasteiger partial charge in [-0.1, -0.05) is 131 Å². The zero-order valence-electron chi connectivity index (χ0n) is 41.8. The summed E-state index contributed by atoms with van der Waals surface area (Å²) in [5, 5.41) is 2.85. The summed E-state index contributed by atoms with van der Waals surface area (Å²) in [6.45, 7) is 16.6. The number of hydrogen-bond donors (Lipinski definition) is 0. The Morgan fingerprint density at radius 2 is 0.638 bits per heavy atom. The fraction of sp³-hybridized carbons (Fsp3) is 0.588. The molecule has 1 aromatic heterocycles. The Hall–Kier alpha value is -3.00. The van der Waals surface area contributed by atoms with Gasteiger partial charge in [0.1, 0.15) is 17.5 Å². The molecular formula is C51H78N3O12P3. The molecule has 0 aliphatic rings. The lowest BCUT2D eigenvalue weighted by Gasteiger charge is -2.26. The van der Waals surface area contributed by atoms with Gasteiger partial charge in [-0.3, -0.25) is 0 Å². The van der Waals surface area contributed by atoms with Crippen molar-refractivity contribution in [1.82, 2.24) is 13.7 Å². The Kier molecular flexibility index (Phi) is 29.9. The monoisotopic (exact) mass is 1020 g/mol. The molecule has 1 heterocycles. The molecule has 18 heteroatoms. The summed E-state index contributed by atoms with van der Waals surface area (Å²) < 4.78 is 58.5. The van der Waals surface area contributed by atoms with Gasteiger partial charge < -0.3 is 42.0 Å². The minimum Gasteiger partial charge on any atom is -0.379 e. The molecule has 0 saturated carbocycles. The summed E-state index contributed by atoms with van der Waals surface area (Å²) in [5.41, 5.74) is -2.25. The normalized spacial score (nSPS) is 14.3. The zero-order chi connectivity index (χ0) is 49.5. The highest BCUT2D eigenvalue weighted by Gasteiger charge is 2.26. The molecule has 0 aliphatic carbocycles. The molecule has 0 bridgehead atoms. The highest BCUT2D eigenvalue weighted by atomic mass is 31.1. The highest BCUT2D eigenvalue weighted by molar-refractivity contribution is 7.62. The van der Waals surface area contributed by atoms with E-state index in [1.807, 2.05) is 112 Å². The minimum atomic E-state index is -1.34. The fourth-order valence-electron chi connectivity index (χ4n) is 6.92. The molecule has 0 radical (unpaired) electrons. The van der Waals surface area contributed by atoms with E-state index in [9.17, 15) is 14.4 Å². The Balaban J connectivity index is 1.58. The zero-order valence-corrected chi connectivity index (χ0v) is 44.5. The molecule has 0 fully saturated rings. The van der Waals surface area contributed by atoms with Gasteiger partial charge in [0.2, 0.25) is 0 Å². The SMILES string of the molecule is CCCCOCCOC(C)P(OCCn1c(=O)n(CCOP(c2ccccc2)C(C)OCCOCCCC)c(=O)n(CCOP(c2ccccc2)C(C)OCCOCCCC)c1=O)c1ccccc1. The molecule has 4 aromatic rings. The van der Waals surface area contributed by atoms with Gasteiger partial charge in [-0.15, -0.1) is 0 Å². The molecule has 0 N–H and O–H groups in total. The molecule has 0 saturated heterocycles. The number of ether oxygens (including phenoxy) is 6. The van der Waals surface area contributed by atoms with Crippen molar-refractivity contribution in [3.05, 3.63) is 122 Å². The highest BCUT2D eigenvalue weighted by Crippen LogP contribution is 2.43. The van der Waals surface area contributed by atoms with E-state index in [0.29, 0.717) is 59.5 Å². The Bertz CT molecular complexity index is 1850. The predicted octanol–water partition coefficient (Wildman–Crippen LogP) is 7.93. The largest absolute Gasteiger partial charge is 0.379 e. The first-order valence-corrected chi connectivity index (χ1v) is 28.6. The van der Waals surface area contributed by atoms with Gasteiger partial charge >= 0.3 is 17.1 Å². The molecule has 6 atom stereocenters. The summed E-state index contributed by atoms with van der Waals surface area (Å²) >= 11 is 0. The second-order valence-corrected chi connectivity index (χ2v) is 22.6. The molecule has 69 heavy (non-hydrogen) atoms. The summed E-state index contributed by atoms with van der Waals surface area (Å²) in [7, 11) is -4.01. The third-order valence-electron chi connectivity index (χ3n) is 10.7. The number of benzene rings is 3. The van der Waals surface area contributed by atoms with Crippen molar-refractivity contribution in [3.8, 4) is 0 Å². The van der Waals surface area contributed by atoms with E-state index in [4.69, 9.17) is 42.0 Å². The van der Waals surface area contributed by atoms with Crippen LogP contribution in [0, 0.1) is 0 Å². The van der Waals surface area contributed by atoms with Gasteiger partial charge in [-0.2, -0.15) is 0 Å².